The summed E-state index contributed by atoms with van der Waals surface area (Å²) in [5.74, 6) is 0. The summed E-state index contributed by atoms with van der Waals surface area (Å²) in [6, 6.07) is 10.4. The van der Waals surface area contributed by atoms with Crippen molar-refractivity contribution in [3.63, 3.8) is 0 Å². The predicted octanol–water partition coefficient (Wildman–Crippen LogP) is 3.16. The van der Waals surface area contributed by atoms with Gasteiger partial charge in [-0.05, 0) is 46.3 Å². The van der Waals surface area contributed by atoms with Crippen molar-refractivity contribution in [2.45, 2.75) is 11.4 Å². The number of carbonyl (C=O) groups excluding carboxylic acids is 1. The quantitative estimate of drug-likeness (QED) is 0.698. The number of pyridine rings is 1. The van der Waals surface area contributed by atoms with Gasteiger partial charge >= 0.3 is 6.03 Å². The van der Waals surface area contributed by atoms with Crippen LogP contribution in [0.3, 0.4) is 0 Å². The molecule has 1 aromatic carbocycles. The first-order valence-corrected chi connectivity index (χ1v) is 9.48. The molecule has 2 aromatic heterocycles. The minimum atomic E-state index is -1.09. The lowest BCUT2D eigenvalue weighted by molar-refractivity contribution is 0.251. The van der Waals surface area contributed by atoms with Crippen molar-refractivity contribution in [2.24, 2.45) is 0 Å². The van der Waals surface area contributed by atoms with Crippen molar-refractivity contribution in [2.75, 3.05) is 11.6 Å². The molecule has 0 saturated carbocycles. The number of urea groups is 1. The van der Waals surface area contributed by atoms with E-state index >= 15 is 0 Å². The van der Waals surface area contributed by atoms with Crippen molar-refractivity contribution >= 4 is 44.1 Å². The van der Waals surface area contributed by atoms with Gasteiger partial charge in [0.15, 0.2) is 0 Å². The van der Waals surface area contributed by atoms with E-state index in [4.69, 9.17) is 0 Å². The Labute approximate surface area is 149 Å². The van der Waals surface area contributed by atoms with Gasteiger partial charge in [0.1, 0.15) is 5.65 Å². The molecule has 8 heteroatoms. The minimum absolute atomic E-state index is 0.310. The third-order valence-corrected chi connectivity index (χ3v) is 4.71. The first-order valence-electron chi connectivity index (χ1n) is 7.13. The van der Waals surface area contributed by atoms with Crippen LogP contribution in [-0.4, -0.2) is 25.9 Å². The lowest BCUT2D eigenvalue weighted by Crippen LogP contribution is -2.28. The monoisotopic (exact) mass is 406 g/mol. The zero-order valence-corrected chi connectivity index (χ0v) is 15.2. The molecule has 2 amide bonds. The molecule has 0 radical (unpaired) electrons. The summed E-state index contributed by atoms with van der Waals surface area (Å²) in [5, 5.41) is 5.48. The van der Waals surface area contributed by atoms with E-state index in [1.807, 2.05) is 28.9 Å². The van der Waals surface area contributed by atoms with E-state index in [2.05, 4.69) is 31.5 Å². The summed E-state index contributed by atoms with van der Waals surface area (Å²) in [5.41, 5.74) is 2.17. The molecule has 0 fully saturated rings. The molecule has 3 aromatic rings. The third-order valence-electron chi connectivity index (χ3n) is 3.32. The number of aromatic nitrogens is 2. The molecule has 24 heavy (non-hydrogen) atoms. The Morgan fingerprint density at radius 1 is 1.29 bits per heavy atom. The Hall–Kier alpha value is -2.19. The number of imidazole rings is 1. The van der Waals surface area contributed by atoms with Crippen molar-refractivity contribution in [3.8, 4) is 0 Å². The number of benzene rings is 1. The third kappa shape index (κ3) is 4.01. The van der Waals surface area contributed by atoms with Crippen LogP contribution in [0.4, 0.5) is 10.5 Å². The van der Waals surface area contributed by atoms with E-state index < -0.39 is 10.8 Å². The minimum Gasteiger partial charge on any atom is -0.332 e. The Morgan fingerprint density at radius 2 is 2.12 bits per heavy atom. The highest BCUT2D eigenvalue weighted by atomic mass is 79.9. The molecular weight excluding hydrogens is 392 g/mol. The smallest absolute Gasteiger partial charge is 0.319 e. The Morgan fingerprint density at radius 3 is 2.92 bits per heavy atom. The fraction of sp³-hybridized carbons (Fsp3) is 0.125. The highest BCUT2D eigenvalue weighted by Crippen LogP contribution is 2.14. The fourth-order valence-electron chi connectivity index (χ4n) is 2.20. The molecule has 1 unspecified atom stereocenters. The molecule has 124 valence electrons. The first kappa shape index (κ1) is 16.7. The van der Waals surface area contributed by atoms with Crippen LogP contribution >= 0.6 is 15.9 Å². The number of amides is 2. The topological polar surface area (TPSA) is 75.5 Å². The maximum absolute atomic E-state index is 12.0. The molecule has 6 nitrogen and oxygen atoms in total. The largest absolute Gasteiger partial charge is 0.332 e. The van der Waals surface area contributed by atoms with Crippen molar-refractivity contribution < 1.29 is 9.00 Å². The van der Waals surface area contributed by atoms with Gasteiger partial charge in [-0.1, -0.05) is 6.07 Å². The highest BCUT2D eigenvalue weighted by Gasteiger charge is 2.06. The van der Waals surface area contributed by atoms with Gasteiger partial charge in [-0.2, -0.15) is 0 Å². The molecule has 0 bridgehead atoms. The maximum atomic E-state index is 12.0. The lowest BCUT2D eigenvalue weighted by atomic mass is 10.3. The summed E-state index contributed by atoms with van der Waals surface area (Å²) >= 11 is 3.41. The summed E-state index contributed by atoms with van der Waals surface area (Å²) in [6.45, 7) is 0.310. The van der Waals surface area contributed by atoms with Gasteiger partial charge in [0.25, 0.3) is 0 Å². The standard InChI is InChI=1S/C16H15BrN4O2S/c1-24(23)14-4-2-3-12(7-14)20-16(22)18-8-13-10-21-9-11(17)5-6-15(21)19-13/h2-7,9-10H,8H2,1H3,(H2,18,20,22). The summed E-state index contributed by atoms with van der Waals surface area (Å²) in [7, 11) is -1.09. The summed E-state index contributed by atoms with van der Waals surface area (Å²) < 4.78 is 14.3. The van der Waals surface area contributed by atoms with Gasteiger partial charge in [0.05, 0.1) is 12.2 Å². The molecule has 0 aliphatic heterocycles. The van der Waals surface area contributed by atoms with Gasteiger partial charge < -0.3 is 15.0 Å². The van der Waals surface area contributed by atoms with Crippen LogP contribution in [-0.2, 0) is 17.3 Å². The Bertz CT molecular complexity index is 925. The number of anilines is 1. The number of hydrogen-bond acceptors (Lipinski definition) is 3. The van der Waals surface area contributed by atoms with Crippen molar-refractivity contribution in [1.29, 1.82) is 0 Å². The van der Waals surface area contributed by atoms with Gasteiger partial charge in [0, 0.05) is 44.5 Å². The van der Waals surface area contributed by atoms with Crippen LogP contribution in [0.25, 0.3) is 5.65 Å². The SMILES string of the molecule is CS(=O)c1cccc(NC(=O)NCc2cn3cc(Br)ccc3n2)c1. The molecule has 0 aliphatic rings. The summed E-state index contributed by atoms with van der Waals surface area (Å²) in [4.78, 5) is 17.1. The van der Waals surface area contributed by atoms with Gasteiger partial charge in [0.2, 0.25) is 0 Å². The summed E-state index contributed by atoms with van der Waals surface area (Å²) in [6.07, 6.45) is 5.37. The molecule has 0 saturated heterocycles. The van der Waals surface area contributed by atoms with Crippen LogP contribution < -0.4 is 10.6 Å². The number of rotatable bonds is 4. The van der Waals surface area contributed by atoms with Crippen molar-refractivity contribution in [3.05, 3.63) is 59.0 Å². The van der Waals surface area contributed by atoms with Crippen LogP contribution in [0.15, 0.2) is 58.2 Å². The van der Waals surface area contributed by atoms with E-state index in [0.29, 0.717) is 17.1 Å². The molecule has 2 N–H and O–H groups in total. The number of halogens is 1. The normalized spacial score (nSPS) is 12.1. The van der Waals surface area contributed by atoms with E-state index in [9.17, 15) is 9.00 Å². The van der Waals surface area contributed by atoms with Gasteiger partial charge in [-0.15, -0.1) is 0 Å². The average Bonchev–Trinajstić information content (AvgIpc) is 2.95. The number of nitrogens with zero attached hydrogens (tertiary/aromatic N) is 2. The number of hydrogen-bond donors (Lipinski definition) is 2. The van der Waals surface area contributed by atoms with Crippen LogP contribution in [0.5, 0.6) is 0 Å². The molecule has 0 spiro atoms. The number of fused-ring (bicyclic) bond motifs is 1. The average molecular weight is 407 g/mol. The second-order valence-corrected chi connectivity index (χ2v) is 7.43. The lowest BCUT2D eigenvalue weighted by Gasteiger charge is -2.07. The zero-order chi connectivity index (χ0) is 17.1. The number of carbonyl (C=O) groups is 1. The second kappa shape index (κ2) is 7.14. The molecule has 0 aliphatic carbocycles. The molecular formula is C16H15BrN4O2S. The van der Waals surface area contributed by atoms with E-state index in [0.717, 1.165) is 15.8 Å². The van der Waals surface area contributed by atoms with Gasteiger partial charge in [-0.25, -0.2) is 9.78 Å². The van der Waals surface area contributed by atoms with Gasteiger partial charge in [-0.3, -0.25) is 4.21 Å². The molecule has 1 atom stereocenters. The number of nitrogens with one attached hydrogen (secondary N) is 2. The zero-order valence-electron chi connectivity index (χ0n) is 12.8. The highest BCUT2D eigenvalue weighted by molar-refractivity contribution is 9.10. The predicted molar refractivity (Wildman–Crippen MR) is 97.5 cm³/mol. The Kier molecular flexibility index (Phi) is 4.96. The van der Waals surface area contributed by atoms with Crippen LogP contribution in [0.2, 0.25) is 0 Å². The Balaban J connectivity index is 1.62. The van der Waals surface area contributed by atoms with E-state index in [1.54, 1.807) is 30.5 Å². The molecule has 3 rings (SSSR count). The molecule has 2 heterocycles. The second-order valence-electron chi connectivity index (χ2n) is 5.13. The van der Waals surface area contributed by atoms with Crippen molar-refractivity contribution in [1.82, 2.24) is 14.7 Å². The first-order chi connectivity index (χ1) is 11.5. The maximum Gasteiger partial charge on any atom is 0.319 e. The van der Waals surface area contributed by atoms with E-state index in [1.165, 1.54) is 0 Å². The van der Waals surface area contributed by atoms with Crippen LogP contribution in [0.1, 0.15) is 5.69 Å². The van der Waals surface area contributed by atoms with Crippen LogP contribution in [0, 0.1) is 0 Å². The fourth-order valence-corrected chi connectivity index (χ4v) is 3.12. The van der Waals surface area contributed by atoms with E-state index in [-0.39, 0.29) is 6.03 Å².